The van der Waals surface area contributed by atoms with Crippen LogP contribution >= 0.6 is 15.9 Å². The Bertz CT molecular complexity index is 365. The molecule has 0 fully saturated rings. The predicted octanol–water partition coefficient (Wildman–Crippen LogP) is 2.66. The Kier molecular flexibility index (Phi) is 3.21. The van der Waals surface area contributed by atoms with E-state index in [0.717, 1.165) is 0 Å². The Balaban J connectivity index is 3.31. The van der Waals surface area contributed by atoms with Gasteiger partial charge in [0.15, 0.2) is 0 Å². The second-order valence-electron chi connectivity index (χ2n) is 2.85. The van der Waals surface area contributed by atoms with E-state index in [1.165, 1.54) is 13.0 Å². The first-order valence-electron chi connectivity index (χ1n) is 3.78. The molecule has 0 atom stereocenters. The van der Waals surface area contributed by atoms with Crippen LogP contribution in [0.15, 0.2) is 10.5 Å². The van der Waals surface area contributed by atoms with Gasteiger partial charge in [0.2, 0.25) is 0 Å². The summed E-state index contributed by atoms with van der Waals surface area (Å²) >= 11 is 2.89. The second kappa shape index (κ2) is 4.04. The molecule has 0 radical (unpaired) electrons. The van der Waals surface area contributed by atoms with Gasteiger partial charge in [0.25, 0.3) is 0 Å². The molecule has 14 heavy (non-hydrogen) atoms. The minimum atomic E-state index is -1.26. The number of halogens is 3. The van der Waals surface area contributed by atoms with E-state index < -0.39 is 29.6 Å². The minimum Gasteiger partial charge on any atom is -0.481 e. The van der Waals surface area contributed by atoms with Gasteiger partial charge in [0, 0.05) is 5.56 Å². The molecule has 1 rings (SSSR count). The maximum atomic E-state index is 13.3. The van der Waals surface area contributed by atoms with Crippen molar-refractivity contribution in [3.63, 3.8) is 0 Å². The number of benzene rings is 1. The molecule has 0 bridgehead atoms. The number of aryl methyl sites for hydroxylation is 1. The maximum Gasteiger partial charge on any atom is 0.308 e. The van der Waals surface area contributed by atoms with Crippen molar-refractivity contribution in [3.8, 4) is 0 Å². The minimum absolute atomic E-state index is 0.0765. The van der Waals surface area contributed by atoms with Crippen LogP contribution in [0.3, 0.4) is 0 Å². The van der Waals surface area contributed by atoms with Gasteiger partial charge in [-0.25, -0.2) is 8.78 Å². The molecule has 0 aliphatic rings. The van der Waals surface area contributed by atoms with Crippen LogP contribution in [-0.4, -0.2) is 11.1 Å². The Hall–Kier alpha value is -0.970. The summed E-state index contributed by atoms with van der Waals surface area (Å²) in [6.07, 6.45) is -0.655. The van der Waals surface area contributed by atoms with Gasteiger partial charge in [-0.1, -0.05) is 0 Å². The molecular weight excluding hydrogens is 258 g/mol. The van der Waals surface area contributed by atoms with Gasteiger partial charge in [-0.05, 0) is 34.5 Å². The van der Waals surface area contributed by atoms with Gasteiger partial charge in [0.05, 0.1) is 10.9 Å². The Morgan fingerprint density at radius 1 is 1.50 bits per heavy atom. The highest BCUT2D eigenvalue weighted by molar-refractivity contribution is 9.10. The van der Waals surface area contributed by atoms with Crippen LogP contribution in [0, 0.1) is 18.6 Å². The average molecular weight is 265 g/mol. The lowest BCUT2D eigenvalue weighted by molar-refractivity contribution is -0.136. The van der Waals surface area contributed by atoms with Crippen molar-refractivity contribution < 1.29 is 18.7 Å². The number of carbonyl (C=O) groups is 1. The van der Waals surface area contributed by atoms with Gasteiger partial charge < -0.3 is 5.11 Å². The number of hydrogen-bond donors (Lipinski definition) is 1. The summed E-state index contributed by atoms with van der Waals surface area (Å²) in [5.41, 5.74) is -0.195. The van der Waals surface area contributed by atoms with Crippen molar-refractivity contribution in [2.75, 3.05) is 0 Å². The summed E-state index contributed by atoms with van der Waals surface area (Å²) in [4.78, 5) is 10.3. The Labute approximate surface area is 87.7 Å². The monoisotopic (exact) mass is 264 g/mol. The lowest BCUT2D eigenvalue weighted by atomic mass is 10.1. The number of hydrogen-bond acceptors (Lipinski definition) is 1. The van der Waals surface area contributed by atoms with E-state index in [0.29, 0.717) is 0 Å². The van der Waals surface area contributed by atoms with Crippen molar-refractivity contribution in [1.29, 1.82) is 0 Å². The molecule has 0 heterocycles. The first-order valence-corrected chi connectivity index (χ1v) is 4.57. The molecule has 0 aromatic heterocycles. The summed E-state index contributed by atoms with van der Waals surface area (Å²) < 4.78 is 26.6. The molecule has 0 unspecified atom stereocenters. The third-order valence-electron chi connectivity index (χ3n) is 1.76. The highest BCUT2D eigenvalue weighted by Crippen LogP contribution is 2.25. The topological polar surface area (TPSA) is 37.3 Å². The van der Waals surface area contributed by atoms with Crippen LogP contribution < -0.4 is 0 Å². The Morgan fingerprint density at radius 3 is 2.57 bits per heavy atom. The van der Waals surface area contributed by atoms with E-state index in [2.05, 4.69) is 15.9 Å². The lowest BCUT2D eigenvalue weighted by Gasteiger charge is -2.06. The second-order valence-corrected chi connectivity index (χ2v) is 3.71. The van der Waals surface area contributed by atoms with Crippen molar-refractivity contribution in [2.24, 2.45) is 0 Å². The van der Waals surface area contributed by atoms with E-state index in [4.69, 9.17) is 5.11 Å². The first kappa shape index (κ1) is 11.1. The third-order valence-corrected chi connectivity index (χ3v) is 2.33. The normalized spacial score (nSPS) is 10.3. The van der Waals surface area contributed by atoms with Gasteiger partial charge in [-0.15, -0.1) is 0 Å². The molecule has 5 heteroatoms. The van der Waals surface area contributed by atoms with Gasteiger partial charge in [-0.3, -0.25) is 4.79 Å². The predicted molar refractivity (Wildman–Crippen MR) is 50.1 cm³/mol. The van der Waals surface area contributed by atoms with Crippen LogP contribution in [0.2, 0.25) is 0 Å². The van der Waals surface area contributed by atoms with Gasteiger partial charge in [-0.2, -0.15) is 0 Å². The number of carboxylic acid groups (broad SMARTS) is 1. The molecule has 2 nitrogen and oxygen atoms in total. The Morgan fingerprint density at radius 2 is 2.07 bits per heavy atom. The molecule has 0 aliphatic heterocycles. The zero-order valence-corrected chi connectivity index (χ0v) is 8.86. The van der Waals surface area contributed by atoms with Gasteiger partial charge >= 0.3 is 5.97 Å². The summed E-state index contributed by atoms with van der Waals surface area (Å²) in [6, 6.07) is 1.27. The smallest absolute Gasteiger partial charge is 0.308 e. The number of carboxylic acids is 1. The quantitative estimate of drug-likeness (QED) is 0.834. The van der Waals surface area contributed by atoms with Crippen molar-refractivity contribution in [2.45, 2.75) is 13.3 Å². The highest BCUT2D eigenvalue weighted by atomic mass is 79.9. The molecule has 0 saturated heterocycles. The SMILES string of the molecule is Cc1cc(Br)c(F)c(CC(=O)O)c1F. The molecule has 1 aromatic rings. The molecule has 0 saturated carbocycles. The molecule has 0 aliphatic carbocycles. The highest BCUT2D eigenvalue weighted by Gasteiger charge is 2.17. The van der Waals surface area contributed by atoms with Crippen LogP contribution in [0.5, 0.6) is 0 Å². The number of rotatable bonds is 2. The van der Waals surface area contributed by atoms with Crippen molar-refractivity contribution >= 4 is 21.9 Å². The third kappa shape index (κ3) is 2.09. The summed E-state index contributed by atoms with van der Waals surface area (Å²) in [5, 5.41) is 8.45. The molecule has 1 aromatic carbocycles. The van der Waals surface area contributed by atoms with Gasteiger partial charge in [0.1, 0.15) is 11.6 Å². The van der Waals surface area contributed by atoms with E-state index in [9.17, 15) is 13.6 Å². The number of aliphatic carboxylic acids is 1. The van der Waals surface area contributed by atoms with E-state index in [1.54, 1.807) is 0 Å². The fourth-order valence-corrected chi connectivity index (χ4v) is 1.68. The van der Waals surface area contributed by atoms with Crippen molar-refractivity contribution in [1.82, 2.24) is 0 Å². The average Bonchev–Trinajstić information content (AvgIpc) is 2.09. The fourth-order valence-electron chi connectivity index (χ4n) is 1.10. The standard InChI is InChI=1S/C9H7BrF2O2/c1-4-2-6(10)9(12)5(8(4)11)3-7(13)14/h2H,3H2,1H3,(H,13,14). The molecule has 76 valence electrons. The largest absolute Gasteiger partial charge is 0.481 e. The van der Waals surface area contributed by atoms with Crippen LogP contribution in [0.1, 0.15) is 11.1 Å². The fraction of sp³-hybridized carbons (Fsp3) is 0.222. The zero-order chi connectivity index (χ0) is 10.9. The molecule has 1 N–H and O–H groups in total. The molecule has 0 spiro atoms. The van der Waals surface area contributed by atoms with Crippen LogP contribution in [0.4, 0.5) is 8.78 Å². The van der Waals surface area contributed by atoms with E-state index in [-0.39, 0.29) is 10.0 Å². The summed E-state index contributed by atoms with van der Waals surface area (Å²) in [7, 11) is 0. The summed E-state index contributed by atoms with van der Waals surface area (Å²) in [5.74, 6) is -2.91. The lowest BCUT2D eigenvalue weighted by Crippen LogP contribution is -2.07. The van der Waals surface area contributed by atoms with E-state index in [1.807, 2.05) is 0 Å². The zero-order valence-electron chi connectivity index (χ0n) is 7.27. The molecular formula is C9H7BrF2O2. The molecule has 0 amide bonds. The van der Waals surface area contributed by atoms with Crippen LogP contribution in [0.25, 0.3) is 0 Å². The van der Waals surface area contributed by atoms with Crippen molar-refractivity contribution in [3.05, 3.63) is 33.3 Å². The van der Waals surface area contributed by atoms with Crippen LogP contribution in [-0.2, 0) is 11.2 Å². The first-order chi connectivity index (χ1) is 6.43. The summed E-state index contributed by atoms with van der Waals surface area (Å²) in [6.45, 7) is 1.45. The maximum absolute atomic E-state index is 13.3. The van der Waals surface area contributed by atoms with E-state index >= 15 is 0 Å².